The molecule has 1 N–H and O–H groups in total. The van der Waals surface area contributed by atoms with Gasteiger partial charge in [0, 0.05) is 55.1 Å². The van der Waals surface area contributed by atoms with Crippen molar-refractivity contribution in [3.8, 4) is 5.75 Å². The molecule has 0 aliphatic carbocycles. The SMILES string of the molecule is CCCCC1(CCCC)CS(=O)(=O)c2ccc(N(C)C)cc2[C@@H](c2ccc(OCc3cc[n+](C)cc3)cc2)[C@H]1O.CS(=O)(=O)[O-]. The second-order valence-electron chi connectivity index (χ2n) is 12.3. The highest BCUT2D eigenvalue weighted by Crippen LogP contribution is 2.50. The van der Waals surface area contributed by atoms with E-state index in [-0.39, 0.29) is 5.75 Å². The summed E-state index contributed by atoms with van der Waals surface area (Å²) in [7, 11) is -1.66. The minimum atomic E-state index is -3.92. The van der Waals surface area contributed by atoms with E-state index in [0.717, 1.165) is 48.2 Å². The Bertz CT molecular complexity index is 1590. The zero-order valence-electron chi connectivity index (χ0n) is 27.3. The van der Waals surface area contributed by atoms with Crippen molar-refractivity contribution < 1.29 is 35.8 Å². The number of nitrogens with zero attached hydrogens (tertiary/aromatic N) is 2. The monoisotopic (exact) mass is 660 g/mol. The summed E-state index contributed by atoms with van der Waals surface area (Å²) in [6, 6.07) is 17.5. The van der Waals surface area contributed by atoms with Crippen LogP contribution in [-0.4, -0.2) is 58.7 Å². The number of ether oxygens (including phenoxy) is 1. The smallest absolute Gasteiger partial charge is 0.179 e. The third-order valence-corrected chi connectivity index (χ3v) is 10.3. The van der Waals surface area contributed by atoms with E-state index in [0.29, 0.717) is 36.2 Å². The van der Waals surface area contributed by atoms with E-state index >= 15 is 0 Å². The standard InChI is InChI=1S/C33H45N2O4S.CH4O3S/c1-6-8-18-33(19-9-7-2)24-40(37,38)30-15-12-27(34(3)4)22-29(30)31(32(33)36)26-10-13-28(14-11-26)39-23-25-16-20-35(5)21-17-25;1-5(2,3)4/h10-17,20-22,31-32,36H,6-9,18-19,23-24H2,1-5H3;1H3,(H,2,3,4)/q+1;/p-1/t31-,32-;/m1./s1. The molecule has 0 unspecified atom stereocenters. The van der Waals surface area contributed by atoms with Crippen LogP contribution in [0.25, 0.3) is 0 Å². The van der Waals surface area contributed by atoms with Gasteiger partial charge in [0.15, 0.2) is 22.2 Å². The topological polar surface area (TPSA) is 128 Å². The fourth-order valence-electron chi connectivity index (χ4n) is 5.96. The van der Waals surface area contributed by atoms with Crippen LogP contribution in [0.1, 0.15) is 75.0 Å². The number of aromatic nitrogens is 1. The average Bonchev–Trinajstić information content (AvgIpc) is 3.04. The molecular formula is C34H48N2O7S2. The largest absolute Gasteiger partial charge is 0.748 e. The summed E-state index contributed by atoms with van der Waals surface area (Å²) in [5, 5.41) is 12.3. The van der Waals surface area contributed by atoms with Crippen LogP contribution in [0.3, 0.4) is 0 Å². The Balaban J connectivity index is 0.00000102. The lowest BCUT2D eigenvalue weighted by Crippen LogP contribution is -2.43. The Hall–Kier alpha value is -2.99. The predicted octanol–water partition coefficient (Wildman–Crippen LogP) is 4.96. The number of sulfone groups is 1. The van der Waals surface area contributed by atoms with Crippen molar-refractivity contribution in [1.82, 2.24) is 0 Å². The molecule has 2 atom stereocenters. The molecule has 1 aromatic heterocycles. The molecule has 0 bridgehead atoms. The number of rotatable bonds is 11. The number of unbranched alkanes of at least 4 members (excludes halogenated alkanes) is 2. The third kappa shape index (κ3) is 10.00. The van der Waals surface area contributed by atoms with Crippen LogP contribution in [-0.2, 0) is 33.6 Å². The van der Waals surface area contributed by atoms with Crippen molar-refractivity contribution in [3.63, 3.8) is 0 Å². The van der Waals surface area contributed by atoms with Gasteiger partial charge in [-0.3, -0.25) is 0 Å². The summed E-state index contributed by atoms with van der Waals surface area (Å²) in [5.74, 6) is 0.240. The third-order valence-electron chi connectivity index (χ3n) is 8.35. The van der Waals surface area contributed by atoms with Crippen LogP contribution in [0, 0.1) is 5.41 Å². The molecule has 0 saturated carbocycles. The first-order valence-corrected chi connectivity index (χ1v) is 18.9. The number of hydrogen-bond acceptors (Lipinski definition) is 8. The summed E-state index contributed by atoms with van der Waals surface area (Å²) in [4.78, 5) is 2.32. The number of aliphatic hydroxyl groups is 1. The lowest BCUT2D eigenvalue weighted by Gasteiger charge is -2.40. The van der Waals surface area contributed by atoms with Gasteiger partial charge in [0.2, 0.25) is 0 Å². The van der Waals surface area contributed by atoms with E-state index in [1.54, 1.807) is 6.07 Å². The molecule has 0 spiro atoms. The molecule has 45 heavy (non-hydrogen) atoms. The molecule has 2 heterocycles. The first-order valence-electron chi connectivity index (χ1n) is 15.4. The van der Waals surface area contributed by atoms with E-state index in [4.69, 9.17) is 17.7 Å². The van der Waals surface area contributed by atoms with Crippen molar-refractivity contribution in [2.45, 2.75) is 75.9 Å². The molecule has 1 aliphatic rings. The lowest BCUT2D eigenvalue weighted by molar-refractivity contribution is -0.671. The highest BCUT2D eigenvalue weighted by molar-refractivity contribution is 7.91. The maximum atomic E-state index is 14.0. The number of anilines is 1. The van der Waals surface area contributed by atoms with Crippen molar-refractivity contribution in [2.24, 2.45) is 12.5 Å². The van der Waals surface area contributed by atoms with Crippen LogP contribution < -0.4 is 14.2 Å². The molecule has 4 rings (SSSR count). The Kier molecular flexibility index (Phi) is 12.6. The second kappa shape index (κ2) is 15.5. The van der Waals surface area contributed by atoms with Gasteiger partial charge in [-0.1, -0.05) is 51.7 Å². The number of hydrogen-bond donors (Lipinski definition) is 1. The van der Waals surface area contributed by atoms with Gasteiger partial charge in [0.05, 0.1) is 26.9 Å². The maximum absolute atomic E-state index is 14.0. The predicted molar refractivity (Wildman–Crippen MR) is 176 cm³/mol. The lowest BCUT2D eigenvalue weighted by atomic mass is 9.68. The zero-order chi connectivity index (χ0) is 33.4. The second-order valence-corrected chi connectivity index (χ2v) is 15.7. The molecule has 9 nitrogen and oxygen atoms in total. The number of aliphatic hydroxyl groups excluding tert-OH is 1. The van der Waals surface area contributed by atoms with E-state index < -0.39 is 37.4 Å². The van der Waals surface area contributed by atoms with Gasteiger partial charge in [-0.2, -0.15) is 0 Å². The fraction of sp³-hybridized carbons (Fsp3) is 0.500. The van der Waals surface area contributed by atoms with Crippen LogP contribution in [0.5, 0.6) is 5.75 Å². The number of aryl methyl sites for hydroxylation is 1. The average molecular weight is 661 g/mol. The van der Waals surface area contributed by atoms with E-state index in [2.05, 4.69) is 13.8 Å². The zero-order valence-corrected chi connectivity index (χ0v) is 28.9. The molecule has 248 valence electrons. The van der Waals surface area contributed by atoms with Crippen molar-refractivity contribution >= 4 is 25.6 Å². The van der Waals surface area contributed by atoms with Gasteiger partial charge in [0.25, 0.3) is 0 Å². The Morgan fingerprint density at radius 2 is 1.56 bits per heavy atom. The van der Waals surface area contributed by atoms with E-state index in [9.17, 15) is 13.5 Å². The highest BCUT2D eigenvalue weighted by atomic mass is 32.2. The molecule has 11 heteroatoms. The summed E-state index contributed by atoms with van der Waals surface area (Å²) in [6.45, 7) is 4.69. The summed E-state index contributed by atoms with van der Waals surface area (Å²) < 4.78 is 63.2. The highest BCUT2D eigenvalue weighted by Gasteiger charge is 2.49. The fourth-order valence-corrected chi connectivity index (χ4v) is 8.15. The molecule has 0 amide bonds. The minimum Gasteiger partial charge on any atom is -0.748 e. The summed E-state index contributed by atoms with van der Waals surface area (Å²) in [5.41, 5.74) is 2.86. The molecule has 1 aliphatic heterocycles. The van der Waals surface area contributed by atoms with Crippen molar-refractivity contribution in [3.05, 3.63) is 83.7 Å². The Labute approximate surface area is 269 Å². The first-order chi connectivity index (χ1) is 21.1. The van der Waals surface area contributed by atoms with Gasteiger partial charge >= 0.3 is 0 Å². The van der Waals surface area contributed by atoms with E-state index in [1.165, 1.54) is 0 Å². The van der Waals surface area contributed by atoms with Crippen LogP contribution >= 0.6 is 0 Å². The van der Waals surface area contributed by atoms with Crippen LogP contribution in [0.2, 0.25) is 0 Å². The van der Waals surface area contributed by atoms with Crippen LogP contribution in [0.4, 0.5) is 5.69 Å². The summed E-state index contributed by atoms with van der Waals surface area (Å²) in [6.07, 6.45) is 8.79. The van der Waals surface area contributed by atoms with Gasteiger partial charge in [-0.05, 0) is 54.3 Å². The van der Waals surface area contributed by atoms with Gasteiger partial charge in [-0.25, -0.2) is 21.4 Å². The van der Waals surface area contributed by atoms with Gasteiger partial charge in [-0.15, -0.1) is 0 Å². The van der Waals surface area contributed by atoms with Crippen LogP contribution in [0.15, 0.2) is 71.9 Å². The van der Waals surface area contributed by atoms with Gasteiger partial charge in [0.1, 0.15) is 19.4 Å². The number of benzene rings is 2. The molecular weight excluding hydrogens is 613 g/mol. The van der Waals surface area contributed by atoms with Crippen molar-refractivity contribution in [1.29, 1.82) is 0 Å². The molecule has 0 saturated heterocycles. The van der Waals surface area contributed by atoms with E-state index in [1.807, 2.05) is 91.5 Å². The Morgan fingerprint density at radius 3 is 2.07 bits per heavy atom. The maximum Gasteiger partial charge on any atom is 0.179 e. The van der Waals surface area contributed by atoms with Crippen molar-refractivity contribution in [2.75, 3.05) is 31.0 Å². The summed E-state index contributed by atoms with van der Waals surface area (Å²) >= 11 is 0. The molecule has 3 aromatic rings. The molecule has 0 fully saturated rings. The number of fused-ring (bicyclic) bond motifs is 1. The minimum absolute atomic E-state index is 0.0258. The number of pyridine rings is 1. The molecule has 0 radical (unpaired) electrons. The quantitative estimate of drug-likeness (QED) is 0.226. The molecule has 2 aromatic carbocycles. The van der Waals surface area contributed by atoms with Gasteiger partial charge < -0.3 is 19.3 Å². The first kappa shape index (κ1) is 36.5. The Morgan fingerprint density at radius 1 is 1.00 bits per heavy atom. The normalized spacial score (nSPS) is 18.6.